The molecule has 1 aromatic carbocycles. The van der Waals surface area contributed by atoms with Gasteiger partial charge in [0, 0.05) is 23.5 Å². The number of aromatic amines is 1. The summed E-state index contributed by atoms with van der Waals surface area (Å²) in [5.41, 5.74) is 4.04. The second-order valence-electron chi connectivity index (χ2n) is 5.64. The lowest BCUT2D eigenvalue weighted by atomic mass is 9.96. The largest absolute Gasteiger partial charge is 0.469 e. The van der Waals surface area contributed by atoms with Crippen molar-refractivity contribution in [1.29, 1.82) is 0 Å². The maximum absolute atomic E-state index is 5.42. The highest BCUT2D eigenvalue weighted by molar-refractivity contribution is 5.83. The summed E-state index contributed by atoms with van der Waals surface area (Å²) in [5.74, 6) is 1.66. The average Bonchev–Trinajstić information content (AvgIpc) is 3.07. The quantitative estimate of drug-likeness (QED) is 0.710. The summed E-state index contributed by atoms with van der Waals surface area (Å²) >= 11 is 0. The molecule has 0 fully saturated rings. The monoisotopic (exact) mass is 267 g/mol. The lowest BCUT2D eigenvalue weighted by molar-refractivity contribution is 0.455. The molecule has 1 N–H and O–H groups in total. The molecular weight excluding hydrogens is 246 g/mol. The first-order valence-electron chi connectivity index (χ1n) is 7.37. The third-order valence-electron chi connectivity index (χ3n) is 3.93. The molecule has 2 heterocycles. The Morgan fingerprint density at radius 2 is 2.10 bits per heavy atom. The van der Waals surface area contributed by atoms with Crippen LogP contribution in [0, 0.1) is 5.92 Å². The minimum absolute atomic E-state index is 0.583. The zero-order chi connectivity index (χ0) is 13.9. The molecular formula is C18H21NO. The van der Waals surface area contributed by atoms with Crippen molar-refractivity contribution >= 4 is 10.9 Å². The number of aryl methyl sites for hydroxylation is 1. The van der Waals surface area contributed by atoms with Gasteiger partial charge in [-0.3, -0.25) is 0 Å². The average molecular weight is 267 g/mol. The second-order valence-corrected chi connectivity index (χ2v) is 5.64. The normalized spacial score (nSPS) is 12.9. The van der Waals surface area contributed by atoms with Crippen LogP contribution in [0.15, 0.2) is 47.2 Å². The summed E-state index contributed by atoms with van der Waals surface area (Å²) in [5, 5.41) is 1.36. The van der Waals surface area contributed by atoms with E-state index in [-0.39, 0.29) is 0 Å². The Bertz CT molecular complexity index is 679. The van der Waals surface area contributed by atoms with E-state index in [4.69, 9.17) is 4.42 Å². The molecule has 0 spiro atoms. The maximum Gasteiger partial charge on any atom is 0.104 e. The molecule has 0 aliphatic rings. The van der Waals surface area contributed by atoms with Gasteiger partial charge in [0.05, 0.1) is 6.26 Å². The molecule has 3 rings (SSSR count). The molecule has 20 heavy (non-hydrogen) atoms. The van der Waals surface area contributed by atoms with Gasteiger partial charge in [0.25, 0.3) is 0 Å². The van der Waals surface area contributed by atoms with Gasteiger partial charge < -0.3 is 9.40 Å². The Labute approximate surface area is 119 Å². The van der Waals surface area contributed by atoms with Crippen molar-refractivity contribution in [2.75, 3.05) is 0 Å². The smallest absolute Gasteiger partial charge is 0.104 e. The second kappa shape index (κ2) is 5.58. The van der Waals surface area contributed by atoms with Crippen LogP contribution >= 0.6 is 0 Å². The Balaban J connectivity index is 1.74. The summed E-state index contributed by atoms with van der Waals surface area (Å²) in [6.07, 6.45) is 7.03. The third kappa shape index (κ3) is 2.64. The Morgan fingerprint density at radius 1 is 1.20 bits per heavy atom. The van der Waals surface area contributed by atoms with Crippen LogP contribution < -0.4 is 0 Å². The standard InChI is InChI=1S/C18H21NO/c1-3-15-12-19-18-11-14(6-7-17(15)18)9-13(2)10-16-5-4-8-20-16/h4-8,11-13,19H,3,9-10H2,1-2H3. The van der Waals surface area contributed by atoms with Crippen LogP contribution in [0.1, 0.15) is 30.7 Å². The van der Waals surface area contributed by atoms with Crippen LogP contribution in [0.25, 0.3) is 10.9 Å². The first-order chi connectivity index (χ1) is 9.76. The van der Waals surface area contributed by atoms with E-state index in [1.807, 2.05) is 6.07 Å². The fraction of sp³-hybridized carbons (Fsp3) is 0.333. The predicted molar refractivity (Wildman–Crippen MR) is 83.0 cm³/mol. The van der Waals surface area contributed by atoms with E-state index >= 15 is 0 Å². The molecule has 2 heteroatoms. The van der Waals surface area contributed by atoms with Gasteiger partial charge in [0.1, 0.15) is 5.76 Å². The van der Waals surface area contributed by atoms with E-state index in [9.17, 15) is 0 Å². The molecule has 0 bridgehead atoms. The molecule has 1 atom stereocenters. The van der Waals surface area contributed by atoms with E-state index in [1.54, 1.807) is 6.26 Å². The van der Waals surface area contributed by atoms with Gasteiger partial charge in [0.15, 0.2) is 0 Å². The van der Waals surface area contributed by atoms with Crippen molar-refractivity contribution in [1.82, 2.24) is 4.98 Å². The zero-order valence-electron chi connectivity index (χ0n) is 12.1. The Kier molecular flexibility index (Phi) is 3.64. The molecule has 0 saturated heterocycles. The summed E-state index contributed by atoms with van der Waals surface area (Å²) in [7, 11) is 0. The highest BCUT2D eigenvalue weighted by atomic mass is 16.3. The Morgan fingerprint density at radius 3 is 2.85 bits per heavy atom. The first kappa shape index (κ1) is 13.0. The molecule has 0 radical (unpaired) electrons. The van der Waals surface area contributed by atoms with Crippen molar-refractivity contribution in [3.05, 3.63) is 59.7 Å². The molecule has 0 amide bonds. The molecule has 104 valence electrons. The third-order valence-corrected chi connectivity index (χ3v) is 3.93. The summed E-state index contributed by atoms with van der Waals surface area (Å²) < 4.78 is 5.42. The van der Waals surface area contributed by atoms with E-state index in [1.165, 1.54) is 22.0 Å². The number of furan rings is 1. The van der Waals surface area contributed by atoms with Crippen LogP contribution in [0.3, 0.4) is 0 Å². The number of rotatable bonds is 5. The van der Waals surface area contributed by atoms with Gasteiger partial charge in [-0.05, 0) is 48.1 Å². The van der Waals surface area contributed by atoms with Crippen LogP contribution in [0.2, 0.25) is 0 Å². The van der Waals surface area contributed by atoms with Crippen LogP contribution in [-0.2, 0) is 19.3 Å². The van der Waals surface area contributed by atoms with Gasteiger partial charge >= 0.3 is 0 Å². The molecule has 1 unspecified atom stereocenters. The predicted octanol–water partition coefficient (Wildman–Crippen LogP) is 4.74. The van der Waals surface area contributed by atoms with Crippen molar-refractivity contribution in [2.24, 2.45) is 5.92 Å². The topological polar surface area (TPSA) is 28.9 Å². The minimum atomic E-state index is 0.583. The highest BCUT2D eigenvalue weighted by Gasteiger charge is 2.09. The molecule has 0 aliphatic heterocycles. The molecule has 2 aromatic heterocycles. The highest BCUT2D eigenvalue weighted by Crippen LogP contribution is 2.22. The molecule has 0 saturated carbocycles. The van der Waals surface area contributed by atoms with Gasteiger partial charge in [-0.1, -0.05) is 26.0 Å². The number of H-pyrrole nitrogens is 1. The summed E-state index contributed by atoms with van der Waals surface area (Å²) in [6, 6.07) is 10.8. The van der Waals surface area contributed by atoms with E-state index in [2.05, 4.69) is 49.3 Å². The van der Waals surface area contributed by atoms with Crippen molar-refractivity contribution in [2.45, 2.75) is 33.1 Å². The molecule has 3 aromatic rings. The van der Waals surface area contributed by atoms with Crippen LogP contribution in [0.4, 0.5) is 0 Å². The Hall–Kier alpha value is -1.96. The van der Waals surface area contributed by atoms with Crippen molar-refractivity contribution < 1.29 is 4.42 Å². The molecule has 0 aliphatic carbocycles. The van der Waals surface area contributed by atoms with Gasteiger partial charge in [-0.25, -0.2) is 0 Å². The van der Waals surface area contributed by atoms with Crippen molar-refractivity contribution in [3.63, 3.8) is 0 Å². The number of fused-ring (bicyclic) bond motifs is 1. The fourth-order valence-electron chi connectivity index (χ4n) is 2.90. The lowest BCUT2D eigenvalue weighted by Gasteiger charge is -2.10. The first-order valence-corrected chi connectivity index (χ1v) is 7.37. The van der Waals surface area contributed by atoms with Crippen molar-refractivity contribution in [3.8, 4) is 0 Å². The van der Waals surface area contributed by atoms with Gasteiger partial charge in [-0.15, -0.1) is 0 Å². The fourth-order valence-corrected chi connectivity index (χ4v) is 2.90. The number of benzene rings is 1. The molecule has 2 nitrogen and oxygen atoms in total. The lowest BCUT2D eigenvalue weighted by Crippen LogP contribution is -2.03. The number of hydrogen-bond acceptors (Lipinski definition) is 1. The number of nitrogens with one attached hydrogen (secondary N) is 1. The summed E-state index contributed by atoms with van der Waals surface area (Å²) in [6.45, 7) is 4.47. The number of hydrogen-bond donors (Lipinski definition) is 1. The van der Waals surface area contributed by atoms with Crippen LogP contribution in [0.5, 0.6) is 0 Å². The van der Waals surface area contributed by atoms with E-state index in [0.717, 1.165) is 25.0 Å². The zero-order valence-corrected chi connectivity index (χ0v) is 12.1. The van der Waals surface area contributed by atoms with Crippen LogP contribution in [-0.4, -0.2) is 4.98 Å². The minimum Gasteiger partial charge on any atom is -0.469 e. The van der Waals surface area contributed by atoms with Gasteiger partial charge in [-0.2, -0.15) is 0 Å². The van der Waals surface area contributed by atoms with Gasteiger partial charge in [0.2, 0.25) is 0 Å². The SMILES string of the molecule is CCc1c[nH]c2cc(CC(C)Cc3ccco3)ccc12. The van der Waals surface area contributed by atoms with E-state index in [0.29, 0.717) is 5.92 Å². The maximum atomic E-state index is 5.42. The number of aromatic nitrogens is 1. The summed E-state index contributed by atoms with van der Waals surface area (Å²) in [4.78, 5) is 3.38. The van der Waals surface area contributed by atoms with E-state index < -0.39 is 0 Å².